The number of rotatable bonds is 6. The number of hydrogen-bond donors (Lipinski definition) is 1. The fraction of sp³-hybridized carbons (Fsp3) is 0.294. The quantitative estimate of drug-likeness (QED) is 0.883. The summed E-state index contributed by atoms with van der Waals surface area (Å²) >= 11 is 0. The molecular weight excluding hydrogens is 260 g/mol. The Balaban J connectivity index is 2.30. The van der Waals surface area contributed by atoms with Crippen molar-refractivity contribution in [3.8, 4) is 6.07 Å². The van der Waals surface area contributed by atoms with Crippen LogP contribution in [-0.4, -0.2) is 11.5 Å². The molecule has 1 atom stereocenters. The molecule has 0 spiro atoms. The fourth-order valence-corrected chi connectivity index (χ4v) is 2.34. The number of nitriles is 1. The molecule has 108 valence electrons. The van der Waals surface area contributed by atoms with E-state index in [9.17, 15) is 0 Å². The third kappa shape index (κ3) is 4.04. The van der Waals surface area contributed by atoms with Crippen LogP contribution in [0.25, 0.3) is 0 Å². The number of pyridine rings is 1. The normalized spacial score (nSPS) is 11.7. The summed E-state index contributed by atoms with van der Waals surface area (Å²) in [6.45, 7) is 3.37. The predicted molar refractivity (Wildman–Crippen MR) is 84.6 cm³/mol. The molecule has 0 fully saturated rings. The molecule has 0 bridgehead atoms. The molecule has 0 aliphatic carbocycles. The lowest BCUT2D eigenvalue weighted by molar-refractivity contribution is 0.760. The van der Waals surface area contributed by atoms with Gasteiger partial charge in [0.05, 0.1) is 12.5 Å². The summed E-state index contributed by atoms with van der Waals surface area (Å²) in [4.78, 5) is 6.35. The van der Waals surface area contributed by atoms with E-state index in [4.69, 9.17) is 11.0 Å². The van der Waals surface area contributed by atoms with E-state index in [1.165, 1.54) is 0 Å². The Morgan fingerprint density at radius 2 is 2.10 bits per heavy atom. The second kappa shape index (κ2) is 7.41. The molecular formula is C17H20N4. The highest BCUT2D eigenvalue weighted by atomic mass is 15.1. The number of hydrogen-bond acceptors (Lipinski definition) is 4. The molecule has 0 aliphatic rings. The third-order valence-electron chi connectivity index (χ3n) is 3.36. The van der Waals surface area contributed by atoms with Gasteiger partial charge in [-0.1, -0.05) is 24.3 Å². The van der Waals surface area contributed by atoms with E-state index in [-0.39, 0.29) is 6.04 Å². The highest BCUT2D eigenvalue weighted by Crippen LogP contribution is 2.26. The predicted octanol–water partition coefficient (Wildman–Crippen LogP) is 3.02. The van der Waals surface area contributed by atoms with Crippen molar-refractivity contribution in [3.63, 3.8) is 0 Å². The molecule has 1 aromatic heterocycles. The first-order valence-electron chi connectivity index (χ1n) is 7.07. The minimum absolute atomic E-state index is 0.0420. The maximum atomic E-state index is 8.89. The highest BCUT2D eigenvalue weighted by Gasteiger charge is 2.13. The van der Waals surface area contributed by atoms with Gasteiger partial charge in [-0.2, -0.15) is 5.26 Å². The molecule has 0 aliphatic heterocycles. The molecule has 0 saturated carbocycles. The van der Waals surface area contributed by atoms with Gasteiger partial charge in [0.25, 0.3) is 0 Å². The van der Waals surface area contributed by atoms with Crippen molar-refractivity contribution in [2.24, 2.45) is 5.73 Å². The SMILES string of the molecule is C[C@H](N)c1ccccc1N(CCC#N)Cc1cccnc1. The zero-order valence-corrected chi connectivity index (χ0v) is 12.2. The average Bonchev–Trinajstić information content (AvgIpc) is 2.52. The Hall–Kier alpha value is -2.38. The highest BCUT2D eigenvalue weighted by molar-refractivity contribution is 5.55. The van der Waals surface area contributed by atoms with Gasteiger partial charge in [-0.3, -0.25) is 4.98 Å². The number of anilines is 1. The summed E-state index contributed by atoms with van der Waals surface area (Å²) in [5, 5.41) is 8.89. The first kappa shape index (κ1) is 15.0. The minimum atomic E-state index is -0.0420. The zero-order valence-electron chi connectivity index (χ0n) is 12.2. The van der Waals surface area contributed by atoms with Crippen molar-refractivity contribution in [1.82, 2.24) is 4.98 Å². The smallest absolute Gasteiger partial charge is 0.0640 e. The van der Waals surface area contributed by atoms with Gasteiger partial charge in [-0.25, -0.2) is 0 Å². The van der Waals surface area contributed by atoms with E-state index < -0.39 is 0 Å². The van der Waals surface area contributed by atoms with Crippen LogP contribution < -0.4 is 10.6 Å². The Labute approximate surface area is 125 Å². The zero-order chi connectivity index (χ0) is 15.1. The topological polar surface area (TPSA) is 65.9 Å². The van der Waals surface area contributed by atoms with Crippen LogP contribution >= 0.6 is 0 Å². The van der Waals surface area contributed by atoms with E-state index in [2.05, 4.69) is 22.0 Å². The van der Waals surface area contributed by atoms with Crippen molar-refractivity contribution in [2.75, 3.05) is 11.4 Å². The fourth-order valence-electron chi connectivity index (χ4n) is 2.34. The maximum absolute atomic E-state index is 8.89. The van der Waals surface area contributed by atoms with Crippen molar-refractivity contribution in [1.29, 1.82) is 5.26 Å². The van der Waals surface area contributed by atoms with Crippen LogP contribution in [-0.2, 0) is 6.54 Å². The number of benzene rings is 1. The van der Waals surface area contributed by atoms with Crippen LogP contribution in [0.1, 0.15) is 30.5 Å². The van der Waals surface area contributed by atoms with Crippen LogP contribution in [0.15, 0.2) is 48.8 Å². The first-order chi connectivity index (χ1) is 10.2. The van der Waals surface area contributed by atoms with E-state index >= 15 is 0 Å². The Morgan fingerprint density at radius 3 is 2.76 bits per heavy atom. The van der Waals surface area contributed by atoms with Gasteiger partial charge in [0.15, 0.2) is 0 Å². The standard InChI is InChI=1S/C17H20N4/c1-14(19)16-7-2-3-8-17(16)21(11-5-9-18)13-15-6-4-10-20-12-15/h2-4,6-8,10,12,14H,5,11,13,19H2,1H3/t14-/m0/s1. The number of nitrogens with two attached hydrogens (primary N) is 1. The van der Waals surface area contributed by atoms with Gasteiger partial charge in [-0.05, 0) is 30.2 Å². The van der Waals surface area contributed by atoms with E-state index in [1.54, 1.807) is 6.20 Å². The van der Waals surface area contributed by atoms with E-state index in [0.29, 0.717) is 13.0 Å². The van der Waals surface area contributed by atoms with Gasteiger partial charge < -0.3 is 10.6 Å². The Kier molecular flexibility index (Phi) is 5.30. The molecule has 0 amide bonds. The summed E-state index contributed by atoms with van der Waals surface area (Å²) in [6, 6.07) is 14.2. The van der Waals surface area contributed by atoms with Crippen molar-refractivity contribution in [3.05, 3.63) is 59.9 Å². The van der Waals surface area contributed by atoms with Gasteiger partial charge in [0.2, 0.25) is 0 Å². The van der Waals surface area contributed by atoms with Crippen molar-refractivity contribution >= 4 is 5.69 Å². The Morgan fingerprint density at radius 1 is 1.29 bits per heavy atom. The van der Waals surface area contributed by atoms with Gasteiger partial charge >= 0.3 is 0 Å². The molecule has 0 saturated heterocycles. The molecule has 4 heteroatoms. The monoisotopic (exact) mass is 280 g/mol. The number of para-hydroxylation sites is 1. The van der Waals surface area contributed by atoms with Gasteiger partial charge in [-0.15, -0.1) is 0 Å². The molecule has 1 heterocycles. The van der Waals surface area contributed by atoms with E-state index in [1.807, 2.05) is 43.5 Å². The second-order valence-electron chi connectivity index (χ2n) is 5.04. The van der Waals surface area contributed by atoms with Crippen LogP contribution in [0.2, 0.25) is 0 Å². The Bertz CT molecular complexity index is 602. The number of aromatic nitrogens is 1. The maximum Gasteiger partial charge on any atom is 0.0640 e. The van der Waals surface area contributed by atoms with Crippen molar-refractivity contribution in [2.45, 2.75) is 25.9 Å². The van der Waals surface area contributed by atoms with Gasteiger partial charge in [0, 0.05) is 37.2 Å². The van der Waals surface area contributed by atoms with Crippen LogP contribution in [0, 0.1) is 11.3 Å². The summed E-state index contributed by atoms with van der Waals surface area (Å²) in [5.41, 5.74) is 9.38. The molecule has 2 N–H and O–H groups in total. The third-order valence-corrected chi connectivity index (χ3v) is 3.36. The lowest BCUT2D eigenvalue weighted by atomic mass is 10.1. The second-order valence-corrected chi connectivity index (χ2v) is 5.04. The van der Waals surface area contributed by atoms with Gasteiger partial charge in [0.1, 0.15) is 0 Å². The first-order valence-corrected chi connectivity index (χ1v) is 7.07. The van der Waals surface area contributed by atoms with Crippen LogP contribution in [0.3, 0.4) is 0 Å². The number of nitrogens with zero attached hydrogens (tertiary/aromatic N) is 3. The molecule has 4 nitrogen and oxygen atoms in total. The lowest BCUT2D eigenvalue weighted by Gasteiger charge is -2.27. The molecule has 1 aromatic carbocycles. The van der Waals surface area contributed by atoms with E-state index in [0.717, 1.165) is 23.4 Å². The summed E-state index contributed by atoms with van der Waals surface area (Å²) in [5.74, 6) is 0. The largest absolute Gasteiger partial charge is 0.366 e. The molecule has 2 rings (SSSR count). The summed E-state index contributed by atoms with van der Waals surface area (Å²) in [7, 11) is 0. The summed E-state index contributed by atoms with van der Waals surface area (Å²) in [6.07, 6.45) is 4.10. The van der Waals surface area contributed by atoms with Crippen LogP contribution in [0.4, 0.5) is 5.69 Å². The van der Waals surface area contributed by atoms with Crippen LogP contribution in [0.5, 0.6) is 0 Å². The summed E-state index contributed by atoms with van der Waals surface area (Å²) < 4.78 is 0. The minimum Gasteiger partial charge on any atom is -0.366 e. The average molecular weight is 280 g/mol. The molecule has 0 unspecified atom stereocenters. The molecule has 0 radical (unpaired) electrons. The molecule has 21 heavy (non-hydrogen) atoms. The molecule has 2 aromatic rings. The van der Waals surface area contributed by atoms with Crippen molar-refractivity contribution < 1.29 is 0 Å². The lowest BCUT2D eigenvalue weighted by Crippen LogP contribution is -2.26.